The molecule has 27 heavy (non-hydrogen) atoms. The van der Waals surface area contributed by atoms with Gasteiger partial charge in [0.25, 0.3) is 0 Å². The van der Waals surface area contributed by atoms with Gasteiger partial charge >= 0.3 is 5.97 Å². The van der Waals surface area contributed by atoms with Crippen molar-refractivity contribution < 1.29 is 9.53 Å². The average molecular weight is 359 g/mol. The van der Waals surface area contributed by atoms with Gasteiger partial charge in [0.15, 0.2) is 0 Å². The highest BCUT2D eigenvalue weighted by Crippen LogP contribution is 2.43. The number of hydrogen-bond acceptors (Lipinski definition) is 2. The Bertz CT molecular complexity index is 993. The number of fused-ring (bicyclic) bond motifs is 1. The highest BCUT2D eigenvalue weighted by atomic mass is 16.5. The van der Waals surface area contributed by atoms with Crippen molar-refractivity contribution >= 4 is 22.9 Å². The van der Waals surface area contributed by atoms with Gasteiger partial charge in [-0.3, -0.25) is 4.79 Å². The van der Waals surface area contributed by atoms with Gasteiger partial charge < -0.3 is 9.72 Å². The first-order valence-electron chi connectivity index (χ1n) is 9.73. The molecule has 3 nitrogen and oxygen atoms in total. The Morgan fingerprint density at radius 1 is 1.15 bits per heavy atom. The topological polar surface area (TPSA) is 42.1 Å². The summed E-state index contributed by atoms with van der Waals surface area (Å²) in [6, 6.07) is 14.3. The van der Waals surface area contributed by atoms with Crippen LogP contribution in [0.4, 0.5) is 0 Å². The Morgan fingerprint density at radius 2 is 1.93 bits per heavy atom. The van der Waals surface area contributed by atoms with E-state index in [-0.39, 0.29) is 5.97 Å². The van der Waals surface area contributed by atoms with Crippen LogP contribution in [-0.4, -0.2) is 11.0 Å². The highest BCUT2D eigenvalue weighted by Gasteiger charge is 2.24. The Labute approximate surface area is 160 Å². The number of ether oxygens (including phenoxy) is 1. The minimum atomic E-state index is -0.300. The predicted molar refractivity (Wildman–Crippen MR) is 111 cm³/mol. The van der Waals surface area contributed by atoms with Crippen LogP contribution >= 0.6 is 0 Å². The third-order valence-corrected chi connectivity index (χ3v) is 5.54. The van der Waals surface area contributed by atoms with Crippen LogP contribution in [0, 0.1) is 0 Å². The maximum absolute atomic E-state index is 11.3. The molecule has 1 heterocycles. The molecule has 0 bridgehead atoms. The molecule has 0 unspecified atom stereocenters. The van der Waals surface area contributed by atoms with Crippen molar-refractivity contribution in [1.29, 1.82) is 0 Å². The maximum Gasteiger partial charge on any atom is 0.308 e. The number of benzene rings is 2. The summed E-state index contributed by atoms with van der Waals surface area (Å²) in [5.74, 6) is 0.834. The van der Waals surface area contributed by atoms with E-state index in [1.807, 2.05) is 24.3 Å². The third kappa shape index (κ3) is 3.42. The number of carbonyl (C=O) groups excluding carboxylic acids is 1. The average Bonchev–Trinajstić information content (AvgIpc) is 3.06. The first-order chi connectivity index (χ1) is 13.2. The molecule has 3 heteroatoms. The van der Waals surface area contributed by atoms with Crippen LogP contribution in [0.15, 0.2) is 49.0 Å². The third-order valence-electron chi connectivity index (χ3n) is 5.54. The van der Waals surface area contributed by atoms with Gasteiger partial charge in [0.05, 0.1) is 5.69 Å². The van der Waals surface area contributed by atoms with Crippen LogP contribution in [0.1, 0.15) is 56.1 Å². The molecule has 1 fully saturated rings. The fourth-order valence-electron chi connectivity index (χ4n) is 4.36. The molecule has 4 rings (SSSR count). The van der Waals surface area contributed by atoms with E-state index >= 15 is 0 Å². The van der Waals surface area contributed by atoms with Crippen molar-refractivity contribution in [3.05, 3.63) is 60.2 Å². The summed E-state index contributed by atoms with van der Waals surface area (Å²) in [6.07, 6.45) is 8.25. The van der Waals surface area contributed by atoms with E-state index in [0.717, 1.165) is 11.1 Å². The predicted octanol–water partition coefficient (Wildman–Crippen LogP) is 6.45. The largest absolute Gasteiger partial charge is 0.427 e. The van der Waals surface area contributed by atoms with E-state index in [1.165, 1.54) is 61.2 Å². The zero-order valence-electron chi connectivity index (χ0n) is 15.8. The normalized spacial score (nSPS) is 15.0. The molecule has 0 spiro atoms. The molecule has 1 saturated carbocycles. The van der Waals surface area contributed by atoms with Crippen LogP contribution in [0.25, 0.3) is 28.2 Å². The quantitative estimate of drug-likeness (QED) is 0.429. The summed E-state index contributed by atoms with van der Waals surface area (Å²) < 4.78 is 5.29. The summed E-state index contributed by atoms with van der Waals surface area (Å²) in [7, 11) is 0. The smallest absolute Gasteiger partial charge is 0.308 e. The summed E-state index contributed by atoms with van der Waals surface area (Å²) in [5.41, 5.74) is 5.89. The molecule has 3 aromatic rings. The molecule has 0 amide bonds. The molecule has 0 atom stereocenters. The second-order valence-electron chi connectivity index (χ2n) is 7.34. The molecule has 138 valence electrons. The minimum Gasteiger partial charge on any atom is -0.427 e. The number of carbonyl (C=O) groups is 1. The van der Waals surface area contributed by atoms with Gasteiger partial charge in [0.1, 0.15) is 5.75 Å². The van der Waals surface area contributed by atoms with Crippen LogP contribution in [-0.2, 0) is 4.79 Å². The number of nitrogens with one attached hydrogen (secondary N) is 1. The molecule has 1 aromatic heterocycles. The van der Waals surface area contributed by atoms with E-state index in [0.29, 0.717) is 11.7 Å². The number of esters is 1. The molecule has 1 N–H and O–H groups in total. The Morgan fingerprint density at radius 3 is 2.67 bits per heavy atom. The van der Waals surface area contributed by atoms with Crippen molar-refractivity contribution in [1.82, 2.24) is 4.98 Å². The van der Waals surface area contributed by atoms with E-state index in [2.05, 4.69) is 35.8 Å². The van der Waals surface area contributed by atoms with Gasteiger partial charge in [-0.25, -0.2) is 0 Å². The monoisotopic (exact) mass is 359 g/mol. The molecule has 0 radical (unpaired) electrons. The van der Waals surface area contributed by atoms with E-state index in [9.17, 15) is 4.79 Å². The van der Waals surface area contributed by atoms with Gasteiger partial charge in [-0.15, -0.1) is 0 Å². The van der Waals surface area contributed by atoms with Crippen LogP contribution in [0.2, 0.25) is 0 Å². The second kappa shape index (κ2) is 7.43. The highest BCUT2D eigenvalue weighted by molar-refractivity contribution is 5.94. The fraction of sp³-hybridized carbons (Fsp3) is 0.292. The Balaban J connectivity index is 1.92. The first-order valence-corrected chi connectivity index (χ1v) is 9.73. The number of H-pyrrole nitrogens is 1. The maximum atomic E-state index is 11.3. The van der Waals surface area contributed by atoms with Crippen LogP contribution in [0.3, 0.4) is 0 Å². The van der Waals surface area contributed by atoms with Gasteiger partial charge in [-0.1, -0.05) is 56.2 Å². The Kier molecular flexibility index (Phi) is 4.85. The number of hydrogen-bond donors (Lipinski definition) is 1. The van der Waals surface area contributed by atoms with E-state index < -0.39 is 0 Å². The molecule has 0 saturated heterocycles. The molecular formula is C24H25NO2. The molecule has 0 aliphatic heterocycles. The van der Waals surface area contributed by atoms with E-state index in [4.69, 9.17) is 4.74 Å². The fourth-order valence-corrected chi connectivity index (χ4v) is 4.36. The summed E-state index contributed by atoms with van der Waals surface area (Å²) in [4.78, 5) is 15.0. The van der Waals surface area contributed by atoms with Crippen molar-refractivity contribution in [3.8, 4) is 17.0 Å². The zero-order chi connectivity index (χ0) is 18.8. The molecule has 2 aromatic carbocycles. The van der Waals surface area contributed by atoms with Gasteiger partial charge in [0, 0.05) is 29.5 Å². The molecule has 1 aliphatic carbocycles. The summed E-state index contributed by atoms with van der Waals surface area (Å²) >= 11 is 0. The zero-order valence-corrected chi connectivity index (χ0v) is 15.8. The van der Waals surface area contributed by atoms with Crippen molar-refractivity contribution in [2.24, 2.45) is 0 Å². The standard InChI is InChI=1S/C24H25NO2/c1-3-17-9-7-8-12-20(17)24-23(18-10-5-4-6-11-18)21-14-13-19(27-16(2)26)15-22(21)25-24/h3,7-9,12-15,18,25H,1,4-6,10-11H2,2H3. The lowest BCUT2D eigenvalue weighted by Gasteiger charge is -2.23. The van der Waals surface area contributed by atoms with Gasteiger partial charge in [-0.2, -0.15) is 0 Å². The first kappa shape index (κ1) is 17.6. The second-order valence-corrected chi connectivity index (χ2v) is 7.34. The lowest BCUT2D eigenvalue weighted by Crippen LogP contribution is -2.05. The van der Waals surface area contributed by atoms with Crippen LogP contribution < -0.4 is 4.74 Å². The number of rotatable bonds is 4. The van der Waals surface area contributed by atoms with Gasteiger partial charge in [0.2, 0.25) is 0 Å². The van der Waals surface area contributed by atoms with Crippen molar-refractivity contribution in [2.45, 2.75) is 44.9 Å². The summed E-state index contributed by atoms with van der Waals surface area (Å²) in [5, 5.41) is 1.23. The lowest BCUT2D eigenvalue weighted by molar-refractivity contribution is -0.131. The van der Waals surface area contributed by atoms with Crippen LogP contribution in [0.5, 0.6) is 5.75 Å². The van der Waals surface area contributed by atoms with E-state index in [1.54, 1.807) is 0 Å². The molecule has 1 aliphatic rings. The lowest BCUT2D eigenvalue weighted by atomic mass is 9.81. The van der Waals surface area contributed by atoms with Crippen molar-refractivity contribution in [2.75, 3.05) is 0 Å². The van der Waals surface area contributed by atoms with Crippen molar-refractivity contribution in [3.63, 3.8) is 0 Å². The number of aromatic nitrogens is 1. The SMILES string of the molecule is C=Cc1ccccc1-c1[nH]c2cc(OC(C)=O)ccc2c1C1CCCCC1. The molecular weight excluding hydrogens is 334 g/mol. The summed E-state index contributed by atoms with van der Waals surface area (Å²) in [6.45, 7) is 5.42. The number of aromatic amines is 1. The van der Waals surface area contributed by atoms with Gasteiger partial charge in [-0.05, 0) is 42.0 Å². The minimum absolute atomic E-state index is 0.300. The Hall–Kier alpha value is -2.81.